The van der Waals surface area contributed by atoms with Crippen molar-refractivity contribution in [3.8, 4) is 0 Å². The number of aromatic nitrogens is 1. The fourth-order valence-corrected chi connectivity index (χ4v) is 4.27. The Kier molecular flexibility index (Phi) is 3.97. The van der Waals surface area contributed by atoms with Crippen LogP contribution >= 0.6 is 27.3 Å². The highest BCUT2D eigenvalue weighted by Crippen LogP contribution is 2.25. The predicted octanol–water partition coefficient (Wildman–Crippen LogP) is 2.02. The van der Waals surface area contributed by atoms with E-state index in [0.29, 0.717) is 17.2 Å². The fraction of sp³-hybridized carbons (Fsp3) is 0.222. The second kappa shape index (κ2) is 5.30. The van der Waals surface area contributed by atoms with Crippen LogP contribution in [0.25, 0.3) is 0 Å². The lowest BCUT2D eigenvalue weighted by molar-refractivity contribution is 0.555. The van der Waals surface area contributed by atoms with Crippen LogP contribution in [0.3, 0.4) is 0 Å². The van der Waals surface area contributed by atoms with Crippen LogP contribution in [-0.4, -0.2) is 19.9 Å². The van der Waals surface area contributed by atoms with Gasteiger partial charge in [0.15, 0.2) is 6.39 Å². The van der Waals surface area contributed by atoms with Crippen LogP contribution in [0.1, 0.15) is 5.69 Å². The highest BCUT2D eigenvalue weighted by molar-refractivity contribution is 9.11. The van der Waals surface area contributed by atoms with Gasteiger partial charge in [0.2, 0.25) is 10.0 Å². The zero-order chi connectivity index (χ0) is 12.3. The first kappa shape index (κ1) is 12.7. The number of nitrogens with zero attached hydrogens (tertiary/aromatic N) is 1. The van der Waals surface area contributed by atoms with Crippen LogP contribution in [0.15, 0.2) is 37.2 Å². The van der Waals surface area contributed by atoms with Gasteiger partial charge in [-0.15, -0.1) is 11.3 Å². The van der Waals surface area contributed by atoms with E-state index in [-0.39, 0.29) is 0 Å². The summed E-state index contributed by atoms with van der Waals surface area (Å²) in [5.74, 6) is 0. The lowest BCUT2D eigenvalue weighted by Gasteiger charge is -2.02. The average Bonchev–Trinajstić information content (AvgIpc) is 2.89. The third-order valence-corrected chi connectivity index (χ3v) is 5.55. The van der Waals surface area contributed by atoms with E-state index in [1.54, 1.807) is 12.1 Å². The van der Waals surface area contributed by atoms with E-state index in [9.17, 15) is 8.42 Å². The highest BCUT2D eigenvalue weighted by atomic mass is 79.9. The van der Waals surface area contributed by atoms with Gasteiger partial charge < -0.3 is 4.42 Å². The second-order valence-electron chi connectivity index (χ2n) is 3.19. The van der Waals surface area contributed by atoms with Crippen molar-refractivity contribution >= 4 is 37.3 Å². The van der Waals surface area contributed by atoms with Crippen molar-refractivity contribution in [2.45, 2.75) is 10.6 Å². The molecule has 2 aromatic heterocycles. The maximum atomic E-state index is 11.8. The van der Waals surface area contributed by atoms with Crippen LogP contribution in [-0.2, 0) is 16.4 Å². The summed E-state index contributed by atoms with van der Waals surface area (Å²) < 4.78 is 32.0. The minimum Gasteiger partial charge on any atom is -0.451 e. The SMILES string of the molecule is O=S(=O)(NCCc1cocn1)c1ccc(Br)s1. The molecule has 0 aliphatic heterocycles. The van der Waals surface area contributed by atoms with E-state index in [1.165, 1.54) is 24.0 Å². The van der Waals surface area contributed by atoms with E-state index in [4.69, 9.17) is 4.42 Å². The Morgan fingerprint density at radius 1 is 1.47 bits per heavy atom. The summed E-state index contributed by atoms with van der Waals surface area (Å²) in [6.07, 6.45) is 3.32. The monoisotopic (exact) mass is 336 g/mol. The van der Waals surface area contributed by atoms with Gasteiger partial charge in [-0.1, -0.05) is 0 Å². The van der Waals surface area contributed by atoms with Gasteiger partial charge in [0.25, 0.3) is 0 Å². The Balaban J connectivity index is 1.94. The summed E-state index contributed by atoms with van der Waals surface area (Å²) in [5.41, 5.74) is 0.722. The van der Waals surface area contributed by atoms with Crippen molar-refractivity contribution in [3.63, 3.8) is 0 Å². The second-order valence-corrected chi connectivity index (χ2v) is 7.64. The van der Waals surface area contributed by atoms with Crippen LogP contribution in [0.4, 0.5) is 0 Å². The number of hydrogen-bond donors (Lipinski definition) is 1. The first-order valence-electron chi connectivity index (χ1n) is 4.70. The highest BCUT2D eigenvalue weighted by Gasteiger charge is 2.15. The fourth-order valence-electron chi connectivity index (χ4n) is 1.19. The third-order valence-electron chi connectivity index (χ3n) is 1.97. The molecule has 8 heteroatoms. The van der Waals surface area contributed by atoms with Gasteiger partial charge in [-0.05, 0) is 28.1 Å². The van der Waals surface area contributed by atoms with E-state index in [1.807, 2.05) is 0 Å². The standard InChI is InChI=1S/C9H9BrN2O3S2/c10-8-1-2-9(16-8)17(13,14)12-4-3-7-5-15-6-11-7/h1-2,5-6,12H,3-4H2. The van der Waals surface area contributed by atoms with Crippen molar-refractivity contribution < 1.29 is 12.8 Å². The van der Waals surface area contributed by atoms with Crippen molar-refractivity contribution in [1.29, 1.82) is 0 Å². The third kappa shape index (κ3) is 3.38. The number of halogens is 1. The summed E-state index contributed by atoms with van der Waals surface area (Å²) in [6, 6.07) is 3.27. The normalized spacial score (nSPS) is 11.8. The van der Waals surface area contributed by atoms with Gasteiger partial charge >= 0.3 is 0 Å². The van der Waals surface area contributed by atoms with E-state index >= 15 is 0 Å². The van der Waals surface area contributed by atoms with Gasteiger partial charge in [0.05, 0.1) is 9.48 Å². The Labute approximate surface area is 111 Å². The first-order valence-corrected chi connectivity index (χ1v) is 7.79. The van der Waals surface area contributed by atoms with Gasteiger partial charge in [-0.25, -0.2) is 18.1 Å². The minimum atomic E-state index is -3.41. The van der Waals surface area contributed by atoms with Gasteiger partial charge in [0.1, 0.15) is 10.5 Å². The Morgan fingerprint density at radius 2 is 2.29 bits per heavy atom. The van der Waals surface area contributed by atoms with Crippen molar-refractivity contribution in [3.05, 3.63) is 34.3 Å². The molecule has 0 spiro atoms. The van der Waals surface area contributed by atoms with Crippen molar-refractivity contribution in [1.82, 2.24) is 9.71 Å². The summed E-state index contributed by atoms with van der Waals surface area (Å²) >= 11 is 4.40. The molecule has 2 rings (SSSR count). The number of rotatable bonds is 5. The van der Waals surface area contributed by atoms with E-state index < -0.39 is 10.0 Å². The number of oxazole rings is 1. The Morgan fingerprint density at radius 3 is 2.88 bits per heavy atom. The largest absolute Gasteiger partial charge is 0.451 e. The van der Waals surface area contributed by atoms with Crippen molar-refractivity contribution in [2.75, 3.05) is 6.54 Å². The topological polar surface area (TPSA) is 72.2 Å². The molecule has 0 aliphatic rings. The van der Waals surface area contributed by atoms with Gasteiger partial charge in [0, 0.05) is 13.0 Å². The molecule has 1 N–H and O–H groups in total. The summed E-state index contributed by atoms with van der Waals surface area (Å²) in [5, 5.41) is 0. The molecule has 0 amide bonds. The molecule has 0 bridgehead atoms. The maximum Gasteiger partial charge on any atom is 0.250 e. The molecule has 0 unspecified atom stereocenters. The molecule has 0 saturated heterocycles. The smallest absolute Gasteiger partial charge is 0.250 e. The molecule has 2 aromatic rings. The van der Waals surface area contributed by atoms with Gasteiger partial charge in [-0.3, -0.25) is 0 Å². The first-order chi connectivity index (χ1) is 8.08. The number of nitrogens with one attached hydrogen (secondary N) is 1. The summed E-state index contributed by atoms with van der Waals surface area (Å²) in [6.45, 7) is 0.296. The number of hydrogen-bond acceptors (Lipinski definition) is 5. The van der Waals surface area contributed by atoms with Crippen LogP contribution in [0.5, 0.6) is 0 Å². The van der Waals surface area contributed by atoms with Crippen LogP contribution in [0, 0.1) is 0 Å². The average molecular weight is 337 g/mol. The van der Waals surface area contributed by atoms with E-state index in [2.05, 4.69) is 25.6 Å². The number of thiophene rings is 1. The lowest BCUT2D eigenvalue weighted by atomic mass is 10.3. The molecule has 2 heterocycles. The molecule has 0 atom stereocenters. The lowest BCUT2D eigenvalue weighted by Crippen LogP contribution is -2.25. The Hall–Kier alpha value is -0.700. The van der Waals surface area contributed by atoms with Crippen LogP contribution < -0.4 is 4.72 Å². The zero-order valence-corrected chi connectivity index (χ0v) is 11.8. The van der Waals surface area contributed by atoms with Gasteiger partial charge in [-0.2, -0.15) is 0 Å². The molecule has 5 nitrogen and oxygen atoms in total. The summed E-state index contributed by atoms with van der Waals surface area (Å²) in [4.78, 5) is 3.91. The molecule has 17 heavy (non-hydrogen) atoms. The Bertz CT molecular complexity index is 577. The molecule has 0 aliphatic carbocycles. The van der Waals surface area contributed by atoms with E-state index in [0.717, 1.165) is 9.48 Å². The summed E-state index contributed by atoms with van der Waals surface area (Å²) in [7, 11) is -3.41. The quantitative estimate of drug-likeness (QED) is 0.906. The zero-order valence-electron chi connectivity index (χ0n) is 8.59. The number of sulfonamides is 1. The molecule has 0 saturated carbocycles. The molecular formula is C9H9BrN2O3S2. The molecule has 0 fully saturated rings. The molecule has 92 valence electrons. The molecule has 0 aromatic carbocycles. The predicted molar refractivity (Wildman–Crippen MR) is 67.4 cm³/mol. The minimum absolute atomic E-state index is 0.296. The van der Waals surface area contributed by atoms with Crippen LogP contribution in [0.2, 0.25) is 0 Å². The molecule has 0 radical (unpaired) electrons. The molecular weight excluding hydrogens is 328 g/mol. The maximum absolute atomic E-state index is 11.8. The van der Waals surface area contributed by atoms with Crippen molar-refractivity contribution in [2.24, 2.45) is 0 Å².